The third-order valence-corrected chi connectivity index (χ3v) is 2.39. The van der Waals surface area contributed by atoms with Crippen LogP contribution in [0, 0.1) is 5.95 Å². The van der Waals surface area contributed by atoms with Crippen LogP contribution >= 0.6 is 0 Å². The lowest BCUT2D eigenvalue weighted by molar-refractivity contribution is -0.136. The van der Waals surface area contributed by atoms with Crippen molar-refractivity contribution in [2.75, 3.05) is 0 Å². The van der Waals surface area contributed by atoms with Crippen molar-refractivity contribution in [1.82, 2.24) is 9.78 Å². The summed E-state index contributed by atoms with van der Waals surface area (Å²) in [6, 6.07) is 8.87. The van der Waals surface area contributed by atoms with Gasteiger partial charge in [-0.05, 0) is 18.6 Å². The minimum absolute atomic E-state index is 0.0998. The minimum atomic E-state index is -0.947. The number of halogens is 1. The van der Waals surface area contributed by atoms with Crippen molar-refractivity contribution in [3.8, 4) is 5.69 Å². The van der Waals surface area contributed by atoms with Crippen LogP contribution in [0.15, 0.2) is 36.5 Å². The zero-order valence-electron chi connectivity index (χ0n) is 9.01. The summed E-state index contributed by atoms with van der Waals surface area (Å²) in [7, 11) is 0. The Morgan fingerprint density at radius 1 is 1.35 bits per heavy atom. The lowest BCUT2D eigenvalue weighted by Gasteiger charge is -2.01. The number of rotatable bonds is 4. The second-order valence-corrected chi connectivity index (χ2v) is 3.60. The van der Waals surface area contributed by atoms with Crippen LogP contribution in [0.2, 0.25) is 0 Å². The molecule has 4 nitrogen and oxygen atoms in total. The molecule has 1 aromatic heterocycles. The van der Waals surface area contributed by atoms with E-state index in [2.05, 4.69) is 5.10 Å². The van der Waals surface area contributed by atoms with Gasteiger partial charge in [-0.3, -0.25) is 4.79 Å². The Balaban J connectivity index is 2.24. The Hall–Kier alpha value is -2.17. The molecule has 0 saturated carbocycles. The molecule has 1 heterocycles. The van der Waals surface area contributed by atoms with Gasteiger partial charge in [0.1, 0.15) is 0 Å². The van der Waals surface area contributed by atoms with Gasteiger partial charge in [0.15, 0.2) is 0 Å². The van der Waals surface area contributed by atoms with E-state index in [0.29, 0.717) is 11.3 Å². The van der Waals surface area contributed by atoms with Gasteiger partial charge < -0.3 is 5.11 Å². The number of para-hydroxylation sites is 1. The molecule has 17 heavy (non-hydrogen) atoms. The van der Waals surface area contributed by atoms with Gasteiger partial charge in [-0.25, -0.2) is 4.68 Å². The molecule has 0 spiro atoms. The highest BCUT2D eigenvalue weighted by atomic mass is 19.1. The molecule has 0 amide bonds. The van der Waals surface area contributed by atoms with Crippen molar-refractivity contribution in [3.63, 3.8) is 0 Å². The average molecular weight is 234 g/mol. The third-order valence-electron chi connectivity index (χ3n) is 2.39. The van der Waals surface area contributed by atoms with Crippen LogP contribution in [-0.4, -0.2) is 20.9 Å². The van der Waals surface area contributed by atoms with Crippen LogP contribution in [0.4, 0.5) is 4.39 Å². The van der Waals surface area contributed by atoms with Crippen LogP contribution < -0.4 is 0 Å². The number of hydrogen-bond acceptors (Lipinski definition) is 2. The first kappa shape index (κ1) is 11.3. The number of aromatic nitrogens is 2. The fourth-order valence-electron chi connectivity index (χ4n) is 1.53. The molecular formula is C12H11FN2O2. The normalized spacial score (nSPS) is 10.4. The van der Waals surface area contributed by atoms with Crippen LogP contribution in [0.1, 0.15) is 12.0 Å². The molecule has 0 saturated heterocycles. The van der Waals surface area contributed by atoms with Gasteiger partial charge in [-0.2, -0.15) is 9.49 Å². The maximum absolute atomic E-state index is 13.9. The van der Waals surface area contributed by atoms with E-state index in [1.807, 2.05) is 6.07 Å². The monoisotopic (exact) mass is 234 g/mol. The quantitative estimate of drug-likeness (QED) is 0.880. The summed E-state index contributed by atoms with van der Waals surface area (Å²) in [4.78, 5) is 10.4. The Morgan fingerprint density at radius 3 is 2.71 bits per heavy atom. The van der Waals surface area contributed by atoms with E-state index in [1.54, 1.807) is 24.3 Å². The van der Waals surface area contributed by atoms with E-state index in [0.717, 1.165) is 4.68 Å². The first-order valence-corrected chi connectivity index (χ1v) is 5.18. The molecule has 2 aromatic rings. The summed E-state index contributed by atoms with van der Waals surface area (Å²) in [6.45, 7) is 0. The van der Waals surface area contributed by atoms with Gasteiger partial charge in [0, 0.05) is 12.0 Å². The summed E-state index contributed by atoms with van der Waals surface area (Å²) in [6.07, 6.45) is 1.41. The number of aliphatic carboxylic acids is 1. The molecule has 0 atom stereocenters. The zero-order valence-corrected chi connectivity index (χ0v) is 9.01. The highest BCUT2D eigenvalue weighted by Gasteiger charge is 2.12. The van der Waals surface area contributed by atoms with Crippen molar-refractivity contribution in [1.29, 1.82) is 0 Å². The van der Waals surface area contributed by atoms with E-state index >= 15 is 0 Å². The predicted molar refractivity (Wildman–Crippen MR) is 59.5 cm³/mol. The van der Waals surface area contributed by atoms with Crippen molar-refractivity contribution >= 4 is 5.97 Å². The Bertz CT molecular complexity index is 523. The molecule has 88 valence electrons. The number of aryl methyl sites for hydroxylation is 1. The van der Waals surface area contributed by atoms with Gasteiger partial charge in [0.05, 0.1) is 11.9 Å². The predicted octanol–water partition coefficient (Wildman–Crippen LogP) is 2.03. The van der Waals surface area contributed by atoms with E-state index in [9.17, 15) is 9.18 Å². The van der Waals surface area contributed by atoms with Gasteiger partial charge >= 0.3 is 5.97 Å². The number of hydrogen-bond donors (Lipinski definition) is 1. The number of carboxylic acid groups (broad SMARTS) is 1. The lowest BCUT2D eigenvalue weighted by atomic mass is 10.2. The topological polar surface area (TPSA) is 55.1 Å². The second-order valence-electron chi connectivity index (χ2n) is 3.60. The molecule has 0 radical (unpaired) electrons. The highest BCUT2D eigenvalue weighted by molar-refractivity contribution is 5.67. The van der Waals surface area contributed by atoms with E-state index in [4.69, 9.17) is 5.11 Å². The lowest BCUT2D eigenvalue weighted by Crippen LogP contribution is -2.02. The smallest absolute Gasteiger partial charge is 0.303 e. The molecule has 0 unspecified atom stereocenters. The number of nitrogens with zero attached hydrogens (tertiary/aromatic N) is 2. The van der Waals surface area contributed by atoms with Gasteiger partial charge in [0.25, 0.3) is 0 Å². The summed E-state index contributed by atoms with van der Waals surface area (Å²) in [5.41, 5.74) is 0.933. The van der Waals surface area contributed by atoms with E-state index in [-0.39, 0.29) is 12.8 Å². The molecule has 0 bridgehead atoms. The largest absolute Gasteiger partial charge is 0.481 e. The van der Waals surface area contributed by atoms with E-state index in [1.165, 1.54) is 6.20 Å². The number of carboxylic acids is 1. The summed E-state index contributed by atoms with van der Waals surface area (Å²) < 4.78 is 15.0. The van der Waals surface area contributed by atoms with Crippen molar-refractivity contribution in [2.24, 2.45) is 0 Å². The molecule has 0 aliphatic rings. The maximum Gasteiger partial charge on any atom is 0.303 e. The second kappa shape index (κ2) is 4.78. The van der Waals surface area contributed by atoms with Gasteiger partial charge in [-0.15, -0.1) is 0 Å². The molecule has 5 heteroatoms. The SMILES string of the molecule is O=C(O)CCc1cnn(-c2ccccc2)c1F. The Labute approximate surface area is 97.3 Å². The fraction of sp³-hybridized carbons (Fsp3) is 0.167. The van der Waals surface area contributed by atoms with Crippen LogP contribution in [0.5, 0.6) is 0 Å². The standard InChI is InChI=1S/C12H11FN2O2/c13-12-9(6-7-11(16)17)8-14-15(12)10-4-2-1-3-5-10/h1-5,8H,6-7H2,(H,16,17). The summed E-state index contributed by atoms with van der Waals surface area (Å²) in [5.74, 6) is -1.45. The van der Waals surface area contributed by atoms with Crippen molar-refractivity contribution in [2.45, 2.75) is 12.8 Å². The molecule has 1 N–H and O–H groups in total. The van der Waals surface area contributed by atoms with Crippen molar-refractivity contribution in [3.05, 3.63) is 48.0 Å². The first-order valence-electron chi connectivity index (χ1n) is 5.18. The van der Waals surface area contributed by atoms with Crippen LogP contribution in [0.25, 0.3) is 5.69 Å². The van der Waals surface area contributed by atoms with Crippen molar-refractivity contribution < 1.29 is 14.3 Å². The van der Waals surface area contributed by atoms with Gasteiger partial charge in [0.2, 0.25) is 5.95 Å². The summed E-state index contributed by atoms with van der Waals surface area (Å²) >= 11 is 0. The first-order chi connectivity index (χ1) is 8.18. The Morgan fingerprint density at radius 2 is 2.06 bits per heavy atom. The van der Waals surface area contributed by atoms with Crippen LogP contribution in [0.3, 0.4) is 0 Å². The van der Waals surface area contributed by atoms with Crippen LogP contribution in [-0.2, 0) is 11.2 Å². The van der Waals surface area contributed by atoms with E-state index < -0.39 is 11.9 Å². The van der Waals surface area contributed by atoms with Gasteiger partial charge in [-0.1, -0.05) is 18.2 Å². The molecule has 2 rings (SSSR count). The molecule has 0 fully saturated rings. The zero-order chi connectivity index (χ0) is 12.3. The highest BCUT2D eigenvalue weighted by Crippen LogP contribution is 2.14. The fourth-order valence-corrected chi connectivity index (χ4v) is 1.53. The molecular weight excluding hydrogens is 223 g/mol. The molecule has 1 aromatic carbocycles. The summed E-state index contributed by atoms with van der Waals surface area (Å²) in [5, 5.41) is 12.5. The third kappa shape index (κ3) is 2.50. The maximum atomic E-state index is 13.9. The Kier molecular flexibility index (Phi) is 3.18. The average Bonchev–Trinajstić information content (AvgIpc) is 2.69. The number of carbonyl (C=O) groups is 1. The molecule has 0 aliphatic heterocycles. The number of benzene rings is 1. The minimum Gasteiger partial charge on any atom is -0.481 e. The molecule has 0 aliphatic carbocycles.